The fourth-order valence-electron chi connectivity index (χ4n) is 3.71. The van der Waals surface area contributed by atoms with E-state index in [1.807, 2.05) is 42.5 Å². The number of nitrogens with zero attached hydrogens (tertiary/aromatic N) is 2. The Labute approximate surface area is 188 Å². The van der Waals surface area contributed by atoms with Gasteiger partial charge in [-0.05, 0) is 48.1 Å². The molecular formula is C26H27N3O3. The highest BCUT2D eigenvalue weighted by Gasteiger charge is 2.50. The predicted octanol–water partition coefficient (Wildman–Crippen LogP) is 5.06. The standard InChI is InChI=1S/C26H27N3O3/c1-18(2)22-5-3-4-6-24(22)32-21-9-7-19(8-10-21)14-29-25(31)26(11-12-26)13-23(30)20-15-27-17-28-16-20/h3-10,15-18H,11-14H2,1-2H3,(H,29,31). The number of Topliss-reactive ketones (excluding diaryl/α,β-unsaturated/α-hetero) is 1. The Bertz CT molecular complexity index is 1090. The summed E-state index contributed by atoms with van der Waals surface area (Å²) in [6.07, 6.45) is 6.00. The highest BCUT2D eigenvalue weighted by molar-refractivity contribution is 6.00. The molecular weight excluding hydrogens is 402 g/mol. The van der Waals surface area contributed by atoms with Crippen molar-refractivity contribution in [3.8, 4) is 11.5 Å². The summed E-state index contributed by atoms with van der Waals surface area (Å²) in [5.74, 6) is 1.81. The highest BCUT2D eigenvalue weighted by atomic mass is 16.5. The maximum Gasteiger partial charge on any atom is 0.226 e. The molecule has 1 aliphatic carbocycles. The number of carbonyl (C=O) groups excluding carboxylic acids is 2. The van der Waals surface area contributed by atoms with Gasteiger partial charge in [-0.15, -0.1) is 0 Å². The van der Waals surface area contributed by atoms with Gasteiger partial charge < -0.3 is 10.1 Å². The normalized spacial score (nSPS) is 14.1. The first-order chi connectivity index (χ1) is 15.5. The number of rotatable bonds is 9. The SMILES string of the molecule is CC(C)c1ccccc1Oc1ccc(CNC(=O)C2(CC(=O)c3cncnc3)CC2)cc1. The first kappa shape index (κ1) is 21.7. The zero-order chi connectivity index (χ0) is 22.6. The van der Waals surface area contributed by atoms with Crippen LogP contribution in [0.4, 0.5) is 0 Å². The summed E-state index contributed by atoms with van der Waals surface area (Å²) in [7, 11) is 0. The highest BCUT2D eigenvalue weighted by Crippen LogP contribution is 2.49. The lowest BCUT2D eigenvalue weighted by Crippen LogP contribution is -2.33. The lowest BCUT2D eigenvalue weighted by Gasteiger charge is -2.15. The minimum absolute atomic E-state index is 0.0751. The van der Waals surface area contributed by atoms with E-state index in [0.717, 1.165) is 35.5 Å². The molecule has 0 radical (unpaired) electrons. The molecule has 1 amide bonds. The molecule has 1 heterocycles. The van der Waals surface area contributed by atoms with E-state index in [0.29, 0.717) is 18.0 Å². The van der Waals surface area contributed by atoms with Gasteiger partial charge in [-0.25, -0.2) is 9.97 Å². The molecule has 32 heavy (non-hydrogen) atoms. The van der Waals surface area contributed by atoms with Gasteiger partial charge in [0.2, 0.25) is 5.91 Å². The van der Waals surface area contributed by atoms with E-state index in [-0.39, 0.29) is 18.1 Å². The van der Waals surface area contributed by atoms with Crippen LogP contribution in [0.2, 0.25) is 0 Å². The van der Waals surface area contributed by atoms with Gasteiger partial charge in [0.1, 0.15) is 17.8 Å². The number of ketones is 1. The Morgan fingerprint density at radius 1 is 1.03 bits per heavy atom. The molecule has 0 bridgehead atoms. The molecule has 0 saturated heterocycles. The smallest absolute Gasteiger partial charge is 0.226 e. The predicted molar refractivity (Wildman–Crippen MR) is 122 cm³/mol. The molecule has 1 fully saturated rings. The molecule has 2 aromatic carbocycles. The van der Waals surface area contributed by atoms with Crippen LogP contribution in [0.1, 0.15) is 60.5 Å². The second-order valence-corrected chi connectivity index (χ2v) is 8.63. The molecule has 3 aromatic rings. The number of nitrogens with one attached hydrogen (secondary N) is 1. The lowest BCUT2D eigenvalue weighted by atomic mass is 9.95. The molecule has 1 aromatic heterocycles. The molecule has 6 heteroatoms. The van der Waals surface area contributed by atoms with Gasteiger partial charge in [0.15, 0.2) is 5.78 Å². The molecule has 0 unspecified atom stereocenters. The van der Waals surface area contributed by atoms with Crippen LogP contribution < -0.4 is 10.1 Å². The molecule has 0 atom stereocenters. The van der Waals surface area contributed by atoms with E-state index in [2.05, 4.69) is 35.2 Å². The maximum absolute atomic E-state index is 12.8. The quantitative estimate of drug-likeness (QED) is 0.481. The summed E-state index contributed by atoms with van der Waals surface area (Å²) in [5.41, 5.74) is 1.98. The van der Waals surface area contributed by atoms with Gasteiger partial charge >= 0.3 is 0 Å². The van der Waals surface area contributed by atoms with E-state index in [1.165, 1.54) is 18.7 Å². The summed E-state index contributed by atoms with van der Waals surface area (Å²) in [6.45, 7) is 4.69. The van der Waals surface area contributed by atoms with Gasteiger partial charge in [0.25, 0.3) is 0 Å². The fraction of sp³-hybridized carbons (Fsp3) is 0.308. The van der Waals surface area contributed by atoms with Crippen LogP contribution in [0.3, 0.4) is 0 Å². The zero-order valence-electron chi connectivity index (χ0n) is 18.4. The number of hydrogen-bond donors (Lipinski definition) is 1. The van der Waals surface area contributed by atoms with E-state index < -0.39 is 5.41 Å². The molecule has 1 N–H and O–H groups in total. The van der Waals surface area contributed by atoms with E-state index in [4.69, 9.17) is 4.74 Å². The second-order valence-electron chi connectivity index (χ2n) is 8.63. The minimum Gasteiger partial charge on any atom is -0.457 e. The number of benzene rings is 2. The van der Waals surface area contributed by atoms with Crippen molar-refractivity contribution in [1.29, 1.82) is 0 Å². The van der Waals surface area contributed by atoms with Gasteiger partial charge in [-0.1, -0.05) is 44.2 Å². The number of amides is 1. The van der Waals surface area contributed by atoms with Crippen molar-refractivity contribution in [2.75, 3.05) is 0 Å². The van der Waals surface area contributed by atoms with Crippen LogP contribution in [0, 0.1) is 5.41 Å². The van der Waals surface area contributed by atoms with Crippen molar-refractivity contribution >= 4 is 11.7 Å². The van der Waals surface area contributed by atoms with Crippen LogP contribution in [-0.4, -0.2) is 21.7 Å². The Morgan fingerprint density at radius 2 is 1.72 bits per heavy atom. The van der Waals surface area contributed by atoms with Crippen LogP contribution in [0.25, 0.3) is 0 Å². The third-order valence-electron chi connectivity index (χ3n) is 5.86. The maximum atomic E-state index is 12.8. The van der Waals surface area contributed by atoms with Gasteiger partial charge in [0, 0.05) is 25.4 Å². The average Bonchev–Trinajstić information content (AvgIpc) is 3.60. The third kappa shape index (κ3) is 5.02. The van der Waals surface area contributed by atoms with Crippen molar-refractivity contribution in [3.63, 3.8) is 0 Å². The van der Waals surface area contributed by atoms with Crippen LogP contribution in [-0.2, 0) is 11.3 Å². The van der Waals surface area contributed by atoms with E-state index in [9.17, 15) is 9.59 Å². The van der Waals surface area contributed by atoms with Crippen LogP contribution in [0.5, 0.6) is 11.5 Å². The Morgan fingerprint density at radius 3 is 2.38 bits per heavy atom. The average molecular weight is 430 g/mol. The molecule has 0 spiro atoms. The minimum atomic E-state index is -0.601. The second kappa shape index (κ2) is 9.30. The van der Waals surface area contributed by atoms with E-state index in [1.54, 1.807) is 0 Å². The third-order valence-corrected chi connectivity index (χ3v) is 5.86. The molecule has 164 valence electrons. The van der Waals surface area contributed by atoms with Gasteiger partial charge in [-0.3, -0.25) is 9.59 Å². The van der Waals surface area contributed by atoms with Crippen molar-refractivity contribution in [2.24, 2.45) is 5.41 Å². The Kier molecular flexibility index (Phi) is 6.30. The number of aromatic nitrogens is 2. The molecule has 6 nitrogen and oxygen atoms in total. The lowest BCUT2D eigenvalue weighted by molar-refractivity contribution is -0.126. The first-order valence-corrected chi connectivity index (χ1v) is 10.9. The molecule has 4 rings (SSSR count). The fourth-order valence-corrected chi connectivity index (χ4v) is 3.71. The van der Waals surface area contributed by atoms with E-state index >= 15 is 0 Å². The summed E-state index contributed by atoms with van der Waals surface area (Å²) >= 11 is 0. The largest absolute Gasteiger partial charge is 0.457 e. The van der Waals surface area contributed by atoms with Gasteiger partial charge in [0.05, 0.1) is 11.0 Å². The van der Waals surface area contributed by atoms with Crippen molar-refractivity contribution in [2.45, 2.75) is 45.6 Å². The summed E-state index contributed by atoms with van der Waals surface area (Å²) in [6, 6.07) is 15.7. The summed E-state index contributed by atoms with van der Waals surface area (Å²) in [4.78, 5) is 33.0. The Hall–Kier alpha value is -3.54. The monoisotopic (exact) mass is 429 g/mol. The first-order valence-electron chi connectivity index (χ1n) is 10.9. The number of para-hydroxylation sites is 1. The molecule has 1 aliphatic rings. The van der Waals surface area contributed by atoms with Gasteiger partial charge in [-0.2, -0.15) is 0 Å². The van der Waals surface area contributed by atoms with Crippen molar-refractivity contribution in [1.82, 2.24) is 15.3 Å². The number of hydrogen-bond acceptors (Lipinski definition) is 5. The zero-order valence-corrected chi connectivity index (χ0v) is 18.4. The topological polar surface area (TPSA) is 81.2 Å². The Balaban J connectivity index is 1.32. The van der Waals surface area contributed by atoms with Crippen molar-refractivity contribution in [3.05, 3.63) is 83.9 Å². The van der Waals surface area contributed by atoms with Crippen LogP contribution in [0.15, 0.2) is 67.3 Å². The summed E-state index contributed by atoms with van der Waals surface area (Å²) in [5, 5.41) is 2.99. The summed E-state index contributed by atoms with van der Waals surface area (Å²) < 4.78 is 6.07. The number of ether oxygens (including phenoxy) is 1. The molecule has 1 saturated carbocycles. The van der Waals surface area contributed by atoms with Crippen LogP contribution >= 0.6 is 0 Å². The molecule has 0 aliphatic heterocycles. The van der Waals surface area contributed by atoms with Crippen molar-refractivity contribution < 1.29 is 14.3 Å². The number of carbonyl (C=O) groups is 2.